The first kappa shape index (κ1) is 15.5. The Labute approximate surface area is 111 Å². The van der Waals surface area contributed by atoms with Gasteiger partial charge in [0, 0.05) is 6.04 Å². The second-order valence-electron chi connectivity index (χ2n) is 6.71. The van der Waals surface area contributed by atoms with Crippen LogP contribution in [0.15, 0.2) is 0 Å². The normalized spacial score (nSPS) is 26.9. The Morgan fingerprint density at radius 2 is 1.94 bits per heavy atom. The monoisotopic (exact) mass is 255 g/mol. The lowest BCUT2D eigenvalue weighted by Gasteiger charge is -2.42. The Morgan fingerprint density at radius 1 is 1.33 bits per heavy atom. The van der Waals surface area contributed by atoms with Crippen molar-refractivity contribution in [3.8, 4) is 0 Å². The summed E-state index contributed by atoms with van der Waals surface area (Å²) in [5.41, 5.74) is 0.257. The van der Waals surface area contributed by atoms with Crippen LogP contribution in [0, 0.1) is 11.3 Å². The van der Waals surface area contributed by atoms with E-state index in [0.29, 0.717) is 12.0 Å². The lowest BCUT2D eigenvalue weighted by Crippen LogP contribution is -2.50. The first-order valence-electron chi connectivity index (χ1n) is 7.35. The Bertz CT molecular complexity index is 270. The summed E-state index contributed by atoms with van der Waals surface area (Å²) in [4.78, 5) is 11.3. The van der Waals surface area contributed by atoms with Crippen LogP contribution in [0.5, 0.6) is 0 Å². The third kappa shape index (κ3) is 4.27. The van der Waals surface area contributed by atoms with Crippen molar-refractivity contribution < 1.29 is 9.90 Å². The topological polar surface area (TPSA) is 49.3 Å². The minimum absolute atomic E-state index is 0.257. The second-order valence-corrected chi connectivity index (χ2v) is 6.71. The molecule has 1 fully saturated rings. The maximum absolute atomic E-state index is 11.3. The number of nitrogens with one attached hydrogen (secondary N) is 1. The Balaban J connectivity index is 2.68. The maximum atomic E-state index is 11.3. The quantitative estimate of drug-likeness (QED) is 0.791. The van der Waals surface area contributed by atoms with E-state index < -0.39 is 5.97 Å². The largest absolute Gasteiger partial charge is 0.480 e. The second kappa shape index (κ2) is 6.55. The third-order valence-electron chi connectivity index (χ3n) is 4.17. The molecule has 1 aliphatic carbocycles. The molecule has 0 amide bonds. The number of rotatable bonds is 5. The molecule has 106 valence electrons. The van der Waals surface area contributed by atoms with Crippen LogP contribution in [0.1, 0.15) is 66.2 Å². The molecule has 0 aromatic carbocycles. The Hall–Kier alpha value is -0.570. The number of hydrogen-bond acceptors (Lipinski definition) is 2. The average molecular weight is 255 g/mol. The highest BCUT2D eigenvalue weighted by atomic mass is 16.4. The van der Waals surface area contributed by atoms with E-state index in [9.17, 15) is 9.90 Å². The van der Waals surface area contributed by atoms with Gasteiger partial charge in [-0.1, -0.05) is 47.0 Å². The highest BCUT2D eigenvalue weighted by molar-refractivity contribution is 5.73. The van der Waals surface area contributed by atoms with Crippen molar-refractivity contribution in [3.05, 3.63) is 0 Å². The molecular weight excluding hydrogens is 226 g/mol. The molecule has 1 rings (SSSR count). The summed E-state index contributed by atoms with van der Waals surface area (Å²) in [6, 6.07) is -0.00523. The molecule has 0 bridgehead atoms. The van der Waals surface area contributed by atoms with Crippen molar-refractivity contribution in [2.45, 2.75) is 78.3 Å². The van der Waals surface area contributed by atoms with Crippen molar-refractivity contribution in [3.63, 3.8) is 0 Å². The molecule has 2 N–H and O–H groups in total. The van der Waals surface area contributed by atoms with Crippen LogP contribution in [0.2, 0.25) is 0 Å². The number of carboxylic acids is 1. The van der Waals surface area contributed by atoms with Crippen LogP contribution in [-0.4, -0.2) is 23.2 Å². The van der Waals surface area contributed by atoms with Crippen LogP contribution in [0.4, 0.5) is 0 Å². The van der Waals surface area contributed by atoms with Crippen molar-refractivity contribution in [2.24, 2.45) is 11.3 Å². The molecule has 0 aromatic rings. The van der Waals surface area contributed by atoms with Gasteiger partial charge in [-0.2, -0.15) is 0 Å². The van der Waals surface area contributed by atoms with Crippen LogP contribution >= 0.6 is 0 Å². The molecule has 18 heavy (non-hydrogen) atoms. The van der Waals surface area contributed by atoms with E-state index in [0.717, 1.165) is 19.3 Å². The van der Waals surface area contributed by atoms with Crippen molar-refractivity contribution in [1.82, 2.24) is 5.32 Å². The summed E-state index contributed by atoms with van der Waals surface area (Å²) in [6.45, 7) is 8.85. The Morgan fingerprint density at radius 3 is 2.44 bits per heavy atom. The summed E-state index contributed by atoms with van der Waals surface area (Å²) in [5, 5.41) is 12.7. The highest BCUT2D eigenvalue weighted by Gasteiger charge is 2.35. The van der Waals surface area contributed by atoms with Gasteiger partial charge in [0.2, 0.25) is 0 Å². The minimum atomic E-state index is -0.699. The van der Waals surface area contributed by atoms with E-state index in [-0.39, 0.29) is 11.5 Å². The number of carboxylic acid groups (broad SMARTS) is 1. The first-order chi connectivity index (χ1) is 8.36. The van der Waals surface area contributed by atoms with E-state index in [1.54, 1.807) is 0 Å². The first-order valence-corrected chi connectivity index (χ1v) is 7.35. The zero-order valence-electron chi connectivity index (χ0n) is 12.3. The molecule has 3 heteroatoms. The van der Waals surface area contributed by atoms with E-state index in [2.05, 4.69) is 26.1 Å². The van der Waals surface area contributed by atoms with Gasteiger partial charge in [0.05, 0.1) is 0 Å². The molecule has 0 saturated heterocycles. The van der Waals surface area contributed by atoms with E-state index >= 15 is 0 Å². The molecule has 0 aliphatic heterocycles. The third-order valence-corrected chi connectivity index (χ3v) is 4.17. The van der Waals surface area contributed by atoms with Gasteiger partial charge in [-0.25, -0.2) is 0 Å². The number of aliphatic carboxylic acids is 1. The lowest BCUT2D eigenvalue weighted by atomic mass is 9.69. The van der Waals surface area contributed by atoms with E-state index in [4.69, 9.17) is 0 Å². The van der Waals surface area contributed by atoms with Gasteiger partial charge in [0.25, 0.3) is 0 Å². The SMILES string of the molecule is CCCC(NC1CCCCC1C(C)(C)C)C(=O)O. The summed E-state index contributed by atoms with van der Waals surface area (Å²) in [5.74, 6) is -0.111. The molecule has 1 aliphatic rings. The molecule has 0 heterocycles. The summed E-state index contributed by atoms with van der Waals surface area (Å²) >= 11 is 0. The molecule has 1 saturated carbocycles. The molecule has 0 aromatic heterocycles. The maximum Gasteiger partial charge on any atom is 0.320 e. The van der Waals surface area contributed by atoms with Gasteiger partial charge in [0.1, 0.15) is 6.04 Å². The Kier molecular flexibility index (Phi) is 5.64. The van der Waals surface area contributed by atoms with Gasteiger partial charge >= 0.3 is 5.97 Å². The van der Waals surface area contributed by atoms with Crippen LogP contribution in [-0.2, 0) is 4.79 Å². The van der Waals surface area contributed by atoms with Crippen LogP contribution in [0.3, 0.4) is 0 Å². The molecule has 3 nitrogen and oxygen atoms in total. The molecule has 0 spiro atoms. The predicted octanol–water partition coefficient (Wildman–Crippen LogP) is 3.43. The van der Waals surface area contributed by atoms with Crippen molar-refractivity contribution in [2.75, 3.05) is 0 Å². The zero-order valence-corrected chi connectivity index (χ0v) is 12.3. The van der Waals surface area contributed by atoms with Gasteiger partial charge in [-0.3, -0.25) is 4.79 Å². The van der Waals surface area contributed by atoms with Crippen molar-refractivity contribution in [1.29, 1.82) is 0 Å². The minimum Gasteiger partial charge on any atom is -0.480 e. The fourth-order valence-electron chi connectivity index (χ4n) is 3.19. The lowest BCUT2D eigenvalue weighted by molar-refractivity contribution is -0.140. The molecular formula is C15H29NO2. The number of carbonyl (C=O) groups is 1. The fourth-order valence-corrected chi connectivity index (χ4v) is 3.19. The van der Waals surface area contributed by atoms with Gasteiger partial charge in [-0.05, 0) is 30.6 Å². The molecule has 0 radical (unpaired) electrons. The fraction of sp³-hybridized carbons (Fsp3) is 0.933. The van der Waals surface area contributed by atoms with E-state index in [1.165, 1.54) is 19.3 Å². The highest BCUT2D eigenvalue weighted by Crippen LogP contribution is 2.38. The predicted molar refractivity (Wildman–Crippen MR) is 74.7 cm³/mol. The van der Waals surface area contributed by atoms with Crippen LogP contribution < -0.4 is 5.32 Å². The van der Waals surface area contributed by atoms with Gasteiger partial charge < -0.3 is 10.4 Å². The molecule has 3 atom stereocenters. The summed E-state index contributed by atoms with van der Waals surface area (Å²) < 4.78 is 0. The van der Waals surface area contributed by atoms with Crippen LogP contribution in [0.25, 0.3) is 0 Å². The standard InChI is InChI=1S/C15H29NO2/c1-5-8-13(14(17)18)16-12-10-7-6-9-11(12)15(2,3)4/h11-13,16H,5-10H2,1-4H3,(H,17,18). The van der Waals surface area contributed by atoms with Crippen molar-refractivity contribution >= 4 is 5.97 Å². The summed E-state index contributed by atoms with van der Waals surface area (Å²) in [6.07, 6.45) is 6.49. The van der Waals surface area contributed by atoms with Gasteiger partial charge in [0.15, 0.2) is 0 Å². The van der Waals surface area contributed by atoms with E-state index in [1.807, 2.05) is 6.92 Å². The average Bonchev–Trinajstić information content (AvgIpc) is 2.27. The molecule has 3 unspecified atom stereocenters. The smallest absolute Gasteiger partial charge is 0.320 e. The number of hydrogen-bond donors (Lipinski definition) is 2. The van der Waals surface area contributed by atoms with Gasteiger partial charge in [-0.15, -0.1) is 0 Å². The summed E-state index contributed by atoms with van der Waals surface area (Å²) in [7, 11) is 0. The zero-order chi connectivity index (χ0) is 13.8.